The van der Waals surface area contributed by atoms with Gasteiger partial charge in [0.2, 0.25) is 5.91 Å². The van der Waals surface area contributed by atoms with E-state index in [0.717, 1.165) is 29.6 Å². The lowest BCUT2D eigenvalue weighted by atomic mass is 10.2. The Morgan fingerprint density at radius 1 is 1.07 bits per heavy atom. The van der Waals surface area contributed by atoms with Crippen LogP contribution in [0.4, 0.5) is 18.9 Å². The SMILES string of the molecule is NC(=O)C1N=C(Nc2ccccc2)SC1NC(=O)c1ccc(OC(F)(F)F)cc1. The number of nitrogens with one attached hydrogen (secondary N) is 2. The number of carbonyl (C=O) groups is 2. The maximum atomic E-state index is 12.4. The minimum Gasteiger partial charge on any atom is -0.406 e. The largest absolute Gasteiger partial charge is 0.573 e. The first kappa shape index (κ1) is 20.5. The Labute approximate surface area is 167 Å². The van der Waals surface area contributed by atoms with Crippen LogP contribution < -0.4 is 21.1 Å². The summed E-state index contributed by atoms with van der Waals surface area (Å²) in [6.45, 7) is 0. The number of alkyl halides is 3. The van der Waals surface area contributed by atoms with Crippen LogP contribution in [0.15, 0.2) is 59.6 Å². The number of carbonyl (C=O) groups excluding carboxylic acids is 2. The fourth-order valence-electron chi connectivity index (χ4n) is 2.46. The van der Waals surface area contributed by atoms with Crippen LogP contribution in [0.1, 0.15) is 10.4 Å². The van der Waals surface area contributed by atoms with Gasteiger partial charge in [0.05, 0.1) is 0 Å². The summed E-state index contributed by atoms with van der Waals surface area (Å²) in [5.74, 6) is -1.76. The Hall–Kier alpha value is -3.21. The van der Waals surface area contributed by atoms with Gasteiger partial charge in [0.1, 0.15) is 11.1 Å². The molecule has 0 aromatic heterocycles. The molecule has 152 valence electrons. The van der Waals surface area contributed by atoms with E-state index in [1.807, 2.05) is 18.2 Å². The van der Waals surface area contributed by atoms with Crippen molar-refractivity contribution in [2.45, 2.75) is 17.8 Å². The quantitative estimate of drug-likeness (QED) is 0.685. The Morgan fingerprint density at radius 2 is 1.72 bits per heavy atom. The van der Waals surface area contributed by atoms with Crippen molar-refractivity contribution in [1.29, 1.82) is 0 Å². The van der Waals surface area contributed by atoms with Gasteiger partial charge < -0.3 is 21.1 Å². The summed E-state index contributed by atoms with van der Waals surface area (Å²) in [6.07, 6.45) is -4.82. The van der Waals surface area contributed by atoms with Crippen LogP contribution in [-0.2, 0) is 4.79 Å². The number of thioether (sulfide) groups is 1. The number of primary amides is 1. The average Bonchev–Trinajstić information content (AvgIpc) is 3.04. The van der Waals surface area contributed by atoms with E-state index < -0.39 is 35.3 Å². The first-order chi connectivity index (χ1) is 13.7. The van der Waals surface area contributed by atoms with E-state index in [0.29, 0.717) is 5.17 Å². The van der Waals surface area contributed by atoms with Crippen molar-refractivity contribution in [2.24, 2.45) is 10.7 Å². The normalized spacial score (nSPS) is 18.7. The Morgan fingerprint density at radius 3 is 2.31 bits per heavy atom. The van der Waals surface area contributed by atoms with Crippen molar-refractivity contribution >= 4 is 34.4 Å². The molecule has 0 saturated heterocycles. The monoisotopic (exact) mass is 424 g/mol. The lowest BCUT2D eigenvalue weighted by Gasteiger charge is -2.16. The van der Waals surface area contributed by atoms with Gasteiger partial charge in [0.25, 0.3) is 5.91 Å². The van der Waals surface area contributed by atoms with Gasteiger partial charge in [0.15, 0.2) is 11.2 Å². The molecule has 1 heterocycles. The Bertz CT molecular complexity index is 920. The number of anilines is 1. The van der Waals surface area contributed by atoms with Crippen molar-refractivity contribution in [1.82, 2.24) is 5.32 Å². The Balaban J connectivity index is 1.65. The van der Waals surface area contributed by atoms with Gasteiger partial charge in [0, 0.05) is 11.3 Å². The molecule has 0 radical (unpaired) electrons. The van der Waals surface area contributed by atoms with Crippen LogP contribution in [0.3, 0.4) is 0 Å². The van der Waals surface area contributed by atoms with Crippen LogP contribution >= 0.6 is 11.8 Å². The molecule has 0 aliphatic carbocycles. The third-order valence-electron chi connectivity index (χ3n) is 3.72. The molecular formula is C18H15F3N4O3S. The molecule has 1 aliphatic heterocycles. The third kappa shape index (κ3) is 5.64. The highest BCUT2D eigenvalue weighted by Crippen LogP contribution is 2.27. The van der Waals surface area contributed by atoms with Crippen molar-refractivity contribution in [3.63, 3.8) is 0 Å². The molecule has 4 N–H and O–H groups in total. The number of nitrogens with zero attached hydrogens (tertiary/aromatic N) is 1. The van der Waals surface area contributed by atoms with Gasteiger partial charge >= 0.3 is 6.36 Å². The van der Waals surface area contributed by atoms with Crippen molar-refractivity contribution in [3.8, 4) is 5.75 Å². The van der Waals surface area contributed by atoms with Gasteiger partial charge in [-0.1, -0.05) is 30.0 Å². The number of hydrogen-bond donors (Lipinski definition) is 3. The maximum absolute atomic E-state index is 12.4. The highest BCUT2D eigenvalue weighted by atomic mass is 32.2. The first-order valence-corrected chi connectivity index (χ1v) is 9.12. The Kier molecular flexibility index (Phi) is 5.97. The highest BCUT2D eigenvalue weighted by molar-refractivity contribution is 8.15. The van der Waals surface area contributed by atoms with Gasteiger partial charge in [-0.05, 0) is 36.4 Å². The molecule has 2 aromatic rings. The fourth-order valence-corrected chi connectivity index (χ4v) is 3.54. The van der Waals surface area contributed by atoms with Crippen molar-refractivity contribution < 1.29 is 27.5 Å². The van der Waals surface area contributed by atoms with Crippen LogP contribution in [0.25, 0.3) is 0 Å². The molecule has 2 atom stereocenters. The molecule has 1 aliphatic rings. The van der Waals surface area contributed by atoms with Gasteiger partial charge in [-0.2, -0.15) is 0 Å². The average molecular weight is 424 g/mol. The molecule has 0 fully saturated rings. The van der Waals surface area contributed by atoms with Crippen LogP contribution in [0.2, 0.25) is 0 Å². The van der Waals surface area contributed by atoms with E-state index in [1.165, 1.54) is 12.1 Å². The number of para-hydroxylation sites is 1. The van der Waals surface area contributed by atoms with E-state index in [9.17, 15) is 22.8 Å². The molecule has 2 amide bonds. The number of benzene rings is 2. The molecular weight excluding hydrogens is 409 g/mol. The standard InChI is InChI=1S/C18H15F3N4O3S/c19-18(20,21)28-12-8-6-10(7-9-12)15(27)25-16-13(14(22)26)24-17(29-16)23-11-4-2-1-3-5-11/h1-9,13,16H,(H2,22,26)(H,23,24)(H,25,27). The zero-order valence-electron chi connectivity index (χ0n) is 14.6. The number of amidine groups is 1. The summed E-state index contributed by atoms with van der Waals surface area (Å²) in [7, 11) is 0. The minimum atomic E-state index is -4.82. The van der Waals surface area contributed by atoms with Crippen LogP contribution in [-0.4, -0.2) is 34.8 Å². The van der Waals surface area contributed by atoms with Gasteiger partial charge in [-0.3, -0.25) is 9.59 Å². The summed E-state index contributed by atoms with van der Waals surface area (Å²) in [5.41, 5.74) is 6.21. The number of hydrogen-bond acceptors (Lipinski definition) is 6. The van der Waals surface area contributed by atoms with Crippen molar-refractivity contribution in [2.75, 3.05) is 5.32 Å². The van der Waals surface area contributed by atoms with Crippen molar-refractivity contribution in [3.05, 3.63) is 60.2 Å². The van der Waals surface area contributed by atoms with E-state index in [-0.39, 0.29) is 5.56 Å². The second-order valence-electron chi connectivity index (χ2n) is 5.86. The molecule has 0 saturated carbocycles. The number of nitrogens with two attached hydrogens (primary N) is 1. The molecule has 29 heavy (non-hydrogen) atoms. The first-order valence-electron chi connectivity index (χ1n) is 8.24. The highest BCUT2D eigenvalue weighted by Gasteiger charge is 2.36. The molecule has 3 rings (SSSR count). The summed E-state index contributed by atoms with van der Waals surface area (Å²) < 4.78 is 40.4. The predicted octanol–water partition coefficient (Wildman–Crippen LogP) is 2.71. The predicted molar refractivity (Wildman–Crippen MR) is 102 cm³/mol. The van der Waals surface area contributed by atoms with E-state index in [4.69, 9.17) is 5.73 Å². The molecule has 11 heteroatoms. The van der Waals surface area contributed by atoms with E-state index >= 15 is 0 Å². The summed E-state index contributed by atoms with van der Waals surface area (Å²) in [5, 5.41) is 5.28. The molecule has 0 spiro atoms. The number of rotatable bonds is 5. The fraction of sp³-hybridized carbons (Fsp3) is 0.167. The number of amides is 2. The summed E-state index contributed by atoms with van der Waals surface area (Å²) in [6, 6.07) is 12.5. The van der Waals surface area contributed by atoms with Gasteiger partial charge in [-0.15, -0.1) is 13.2 Å². The van der Waals surface area contributed by atoms with Gasteiger partial charge in [-0.25, -0.2) is 4.99 Å². The van der Waals surface area contributed by atoms with E-state index in [1.54, 1.807) is 12.1 Å². The number of aliphatic imine (C=N–C) groups is 1. The number of halogens is 3. The molecule has 2 aromatic carbocycles. The molecule has 2 unspecified atom stereocenters. The third-order valence-corrected chi connectivity index (χ3v) is 4.78. The smallest absolute Gasteiger partial charge is 0.406 e. The summed E-state index contributed by atoms with van der Waals surface area (Å²) >= 11 is 1.11. The second kappa shape index (κ2) is 8.43. The lowest BCUT2D eigenvalue weighted by Crippen LogP contribution is -2.44. The van der Waals surface area contributed by atoms with Crippen LogP contribution in [0, 0.1) is 0 Å². The number of ether oxygens (including phenoxy) is 1. The lowest BCUT2D eigenvalue weighted by molar-refractivity contribution is -0.274. The summed E-state index contributed by atoms with van der Waals surface area (Å²) in [4.78, 5) is 28.3. The second-order valence-corrected chi connectivity index (χ2v) is 6.99. The van der Waals surface area contributed by atoms with E-state index in [2.05, 4.69) is 20.4 Å². The minimum absolute atomic E-state index is 0.0906. The zero-order valence-corrected chi connectivity index (χ0v) is 15.5. The molecule has 0 bridgehead atoms. The maximum Gasteiger partial charge on any atom is 0.573 e. The topological polar surface area (TPSA) is 106 Å². The van der Waals surface area contributed by atoms with Crippen LogP contribution in [0.5, 0.6) is 5.75 Å². The zero-order chi connectivity index (χ0) is 21.0. The molecule has 7 nitrogen and oxygen atoms in total.